The third kappa shape index (κ3) is 3.34. The predicted molar refractivity (Wildman–Crippen MR) is 108 cm³/mol. The zero-order chi connectivity index (χ0) is 19.7. The standard InChI is InChI=1S/C20H19N5O2S/c1-13-5-4-6-17(25-20(26)24(3)22-23-25)16(13)12-27-18-8-7-15(11-14(18)2)19-21-9-10-28-19/h4-11H,12H2,1-3H3. The number of benzene rings is 2. The molecule has 4 rings (SSSR count). The number of nitrogens with zero attached hydrogens (tertiary/aromatic N) is 5. The second-order valence-corrected chi connectivity index (χ2v) is 7.37. The lowest BCUT2D eigenvalue weighted by atomic mass is 10.1. The summed E-state index contributed by atoms with van der Waals surface area (Å²) in [6.45, 7) is 4.32. The van der Waals surface area contributed by atoms with Crippen molar-refractivity contribution in [3.63, 3.8) is 0 Å². The summed E-state index contributed by atoms with van der Waals surface area (Å²) in [5.74, 6) is 0.793. The lowest BCUT2D eigenvalue weighted by Gasteiger charge is -2.14. The minimum atomic E-state index is -0.296. The van der Waals surface area contributed by atoms with Crippen LogP contribution < -0.4 is 10.4 Å². The van der Waals surface area contributed by atoms with Crippen molar-refractivity contribution >= 4 is 11.3 Å². The first-order chi connectivity index (χ1) is 13.5. The van der Waals surface area contributed by atoms with E-state index >= 15 is 0 Å². The van der Waals surface area contributed by atoms with E-state index < -0.39 is 0 Å². The van der Waals surface area contributed by atoms with Gasteiger partial charge in [-0.25, -0.2) is 9.78 Å². The fourth-order valence-electron chi connectivity index (χ4n) is 3.00. The summed E-state index contributed by atoms with van der Waals surface area (Å²) in [4.78, 5) is 16.6. The Kier molecular flexibility index (Phi) is 4.79. The van der Waals surface area contributed by atoms with Crippen LogP contribution in [-0.2, 0) is 13.7 Å². The van der Waals surface area contributed by atoms with Gasteiger partial charge < -0.3 is 4.74 Å². The normalized spacial score (nSPS) is 11.0. The van der Waals surface area contributed by atoms with Gasteiger partial charge in [0.05, 0.1) is 5.69 Å². The lowest BCUT2D eigenvalue weighted by molar-refractivity contribution is 0.302. The van der Waals surface area contributed by atoms with E-state index in [-0.39, 0.29) is 5.69 Å². The highest BCUT2D eigenvalue weighted by molar-refractivity contribution is 7.13. The van der Waals surface area contributed by atoms with E-state index in [0.717, 1.165) is 33.0 Å². The molecule has 28 heavy (non-hydrogen) atoms. The highest BCUT2D eigenvalue weighted by Crippen LogP contribution is 2.28. The molecule has 2 aromatic heterocycles. The molecule has 0 amide bonds. The molecule has 0 aliphatic heterocycles. The number of thiazole rings is 1. The van der Waals surface area contributed by atoms with Crippen LogP contribution in [0.4, 0.5) is 0 Å². The second-order valence-electron chi connectivity index (χ2n) is 6.48. The third-order valence-electron chi connectivity index (χ3n) is 4.56. The quantitative estimate of drug-likeness (QED) is 0.520. The number of rotatable bonds is 5. The van der Waals surface area contributed by atoms with Crippen molar-refractivity contribution in [3.05, 3.63) is 75.1 Å². The molecule has 2 aromatic carbocycles. The molecule has 0 unspecified atom stereocenters. The van der Waals surface area contributed by atoms with E-state index in [4.69, 9.17) is 4.74 Å². The fourth-order valence-corrected chi connectivity index (χ4v) is 3.63. The van der Waals surface area contributed by atoms with Gasteiger partial charge in [-0.2, -0.15) is 9.36 Å². The molecule has 0 aliphatic carbocycles. The number of hydrogen-bond acceptors (Lipinski definition) is 6. The summed E-state index contributed by atoms with van der Waals surface area (Å²) in [6.07, 6.45) is 1.80. The maximum absolute atomic E-state index is 12.3. The first kappa shape index (κ1) is 18.1. The van der Waals surface area contributed by atoms with E-state index in [2.05, 4.69) is 21.5 Å². The molecule has 7 nitrogen and oxygen atoms in total. The summed E-state index contributed by atoms with van der Waals surface area (Å²) >= 11 is 1.61. The monoisotopic (exact) mass is 393 g/mol. The highest BCUT2D eigenvalue weighted by Gasteiger charge is 2.14. The third-order valence-corrected chi connectivity index (χ3v) is 5.38. The SMILES string of the molecule is Cc1cc(-c2nccs2)ccc1OCc1c(C)cccc1-n1nnn(C)c1=O. The minimum Gasteiger partial charge on any atom is -0.489 e. The summed E-state index contributed by atoms with van der Waals surface area (Å²) in [7, 11) is 1.57. The second kappa shape index (κ2) is 7.40. The maximum atomic E-state index is 12.3. The fraction of sp³-hybridized carbons (Fsp3) is 0.200. The Hall–Kier alpha value is -3.26. The van der Waals surface area contributed by atoms with Crippen LogP contribution in [0.1, 0.15) is 16.7 Å². The van der Waals surface area contributed by atoms with Crippen molar-refractivity contribution < 1.29 is 4.74 Å². The Morgan fingerprint density at radius 1 is 1.11 bits per heavy atom. The number of hydrogen-bond donors (Lipinski definition) is 0. The molecule has 2 heterocycles. The van der Waals surface area contributed by atoms with Crippen molar-refractivity contribution in [1.29, 1.82) is 0 Å². The Morgan fingerprint density at radius 3 is 2.64 bits per heavy atom. The zero-order valence-electron chi connectivity index (χ0n) is 15.8. The van der Waals surface area contributed by atoms with Gasteiger partial charge in [-0.3, -0.25) is 0 Å². The zero-order valence-corrected chi connectivity index (χ0v) is 16.6. The van der Waals surface area contributed by atoms with E-state index in [9.17, 15) is 4.79 Å². The molecular weight excluding hydrogens is 374 g/mol. The van der Waals surface area contributed by atoms with Crippen molar-refractivity contribution in [2.24, 2.45) is 7.05 Å². The van der Waals surface area contributed by atoms with Crippen molar-refractivity contribution in [3.8, 4) is 22.0 Å². The summed E-state index contributed by atoms with van der Waals surface area (Å²) in [6, 6.07) is 11.8. The first-order valence-electron chi connectivity index (χ1n) is 8.76. The van der Waals surface area contributed by atoms with Gasteiger partial charge in [0.15, 0.2) is 0 Å². The molecule has 0 bridgehead atoms. The van der Waals surface area contributed by atoms with Crippen LogP contribution in [0.5, 0.6) is 5.75 Å². The molecule has 4 aromatic rings. The van der Waals surface area contributed by atoms with Crippen LogP contribution in [0.3, 0.4) is 0 Å². The van der Waals surface area contributed by atoms with Crippen LogP contribution in [0, 0.1) is 13.8 Å². The van der Waals surface area contributed by atoms with Gasteiger partial charge in [0.2, 0.25) is 0 Å². The summed E-state index contributed by atoms with van der Waals surface area (Å²) in [5, 5.41) is 10.7. The Balaban J connectivity index is 1.62. The van der Waals surface area contributed by atoms with E-state index in [1.807, 2.05) is 49.6 Å². The van der Waals surface area contributed by atoms with Crippen LogP contribution in [-0.4, -0.2) is 24.8 Å². The largest absolute Gasteiger partial charge is 0.489 e. The number of ether oxygens (including phenoxy) is 1. The number of aryl methyl sites for hydroxylation is 3. The maximum Gasteiger partial charge on any atom is 0.368 e. The lowest BCUT2D eigenvalue weighted by Crippen LogP contribution is -2.23. The Bertz CT molecular complexity index is 1180. The summed E-state index contributed by atoms with van der Waals surface area (Å²) < 4.78 is 8.60. The Labute approximate surface area is 165 Å². The van der Waals surface area contributed by atoms with Crippen LogP contribution in [0.15, 0.2) is 52.8 Å². The van der Waals surface area contributed by atoms with Gasteiger partial charge in [-0.15, -0.1) is 11.3 Å². The molecule has 0 saturated carbocycles. The van der Waals surface area contributed by atoms with Gasteiger partial charge in [0, 0.05) is 29.8 Å². The van der Waals surface area contributed by atoms with E-state index in [0.29, 0.717) is 12.3 Å². The van der Waals surface area contributed by atoms with Crippen molar-refractivity contribution in [2.45, 2.75) is 20.5 Å². The van der Waals surface area contributed by atoms with E-state index in [1.165, 1.54) is 9.36 Å². The molecule has 0 atom stereocenters. The molecule has 0 N–H and O–H groups in total. The van der Waals surface area contributed by atoms with Gasteiger partial charge >= 0.3 is 5.69 Å². The van der Waals surface area contributed by atoms with Gasteiger partial charge in [-0.05, 0) is 59.7 Å². The number of tetrazole rings is 1. The van der Waals surface area contributed by atoms with Gasteiger partial charge in [-0.1, -0.05) is 12.1 Å². The van der Waals surface area contributed by atoms with Crippen molar-refractivity contribution in [1.82, 2.24) is 24.8 Å². The first-order valence-corrected chi connectivity index (χ1v) is 9.64. The number of aromatic nitrogens is 5. The predicted octanol–water partition coefficient (Wildman–Crippen LogP) is 3.29. The van der Waals surface area contributed by atoms with Gasteiger partial charge in [0.25, 0.3) is 0 Å². The average molecular weight is 393 g/mol. The van der Waals surface area contributed by atoms with E-state index in [1.54, 1.807) is 24.6 Å². The topological polar surface area (TPSA) is 74.8 Å². The smallest absolute Gasteiger partial charge is 0.368 e. The molecule has 0 aliphatic rings. The molecular formula is C20H19N5O2S. The highest BCUT2D eigenvalue weighted by atomic mass is 32.1. The molecule has 0 spiro atoms. The molecule has 142 valence electrons. The van der Waals surface area contributed by atoms with Crippen LogP contribution >= 0.6 is 11.3 Å². The molecule has 0 saturated heterocycles. The van der Waals surface area contributed by atoms with Crippen molar-refractivity contribution in [2.75, 3.05) is 0 Å². The molecule has 0 radical (unpaired) electrons. The van der Waals surface area contributed by atoms with Crippen LogP contribution in [0.25, 0.3) is 16.3 Å². The van der Waals surface area contributed by atoms with Gasteiger partial charge in [0.1, 0.15) is 17.4 Å². The molecule has 8 heteroatoms. The van der Waals surface area contributed by atoms with Crippen LogP contribution in [0.2, 0.25) is 0 Å². The Morgan fingerprint density at radius 2 is 1.96 bits per heavy atom. The molecule has 0 fully saturated rings. The minimum absolute atomic E-state index is 0.296. The average Bonchev–Trinajstić information content (AvgIpc) is 3.33. The summed E-state index contributed by atoms with van der Waals surface area (Å²) in [5.41, 5.74) is 4.40.